The van der Waals surface area contributed by atoms with E-state index in [9.17, 15) is 9.59 Å². The molecule has 0 bridgehead atoms. The van der Waals surface area contributed by atoms with Crippen LogP contribution in [0.3, 0.4) is 0 Å². The third kappa shape index (κ3) is 3.34. The highest BCUT2D eigenvalue weighted by Crippen LogP contribution is 2.52. The fourth-order valence-corrected chi connectivity index (χ4v) is 4.28. The molecule has 2 aliphatic rings. The number of ether oxygens (including phenoxy) is 1. The van der Waals surface area contributed by atoms with Crippen LogP contribution in [-0.2, 0) is 15.1 Å². The molecule has 1 aromatic heterocycles. The van der Waals surface area contributed by atoms with Crippen LogP contribution < -0.4 is 5.32 Å². The number of aromatic nitrogens is 2. The summed E-state index contributed by atoms with van der Waals surface area (Å²) in [5.41, 5.74) is 0.723. The fourth-order valence-electron chi connectivity index (χ4n) is 4.28. The summed E-state index contributed by atoms with van der Waals surface area (Å²) < 4.78 is 5.43. The van der Waals surface area contributed by atoms with Gasteiger partial charge in [0.15, 0.2) is 0 Å². The molecule has 0 radical (unpaired) electrons. The standard InChI is InChI=1S/C21H28N4O3/c1-20(2,3)28-19(27)25-10-13-14(11-25)16(13)18(26)22-21(4,5)17-12-8-6-7-9-15(12)23-24-17/h6-9,13-14,16H,10-11H2,1-5H3,(H,22,26)(H,23,24)/t13-,14+,16?. The lowest BCUT2D eigenvalue weighted by Crippen LogP contribution is -2.44. The maximum absolute atomic E-state index is 12.9. The van der Waals surface area contributed by atoms with Gasteiger partial charge in [-0.15, -0.1) is 0 Å². The zero-order chi connectivity index (χ0) is 20.3. The Kier molecular flexibility index (Phi) is 4.17. The highest BCUT2D eigenvalue weighted by Gasteiger charge is 2.61. The first-order valence-corrected chi connectivity index (χ1v) is 9.80. The number of fused-ring (bicyclic) bond motifs is 2. The molecule has 0 spiro atoms. The molecule has 1 aromatic carbocycles. The van der Waals surface area contributed by atoms with Crippen LogP contribution in [0.5, 0.6) is 0 Å². The number of likely N-dealkylation sites (tertiary alicyclic amines) is 1. The molecular weight excluding hydrogens is 356 g/mol. The molecular formula is C21H28N4O3. The predicted molar refractivity (Wildman–Crippen MR) is 106 cm³/mol. The number of carbonyl (C=O) groups excluding carboxylic acids is 2. The molecule has 1 aliphatic heterocycles. The summed E-state index contributed by atoms with van der Waals surface area (Å²) in [6, 6.07) is 7.87. The maximum Gasteiger partial charge on any atom is 0.410 e. The van der Waals surface area contributed by atoms with E-state index in [2.05, 4.69) is 15.5 Å². The zero-order valence-electron chi connectivity index (χ0n) is 17.1. The monoisotopic (exact) mass is 384 g/mol. The number of rotatable bonds is 3. The normalized spacial score (nSPS) is 24.2. The average molecular weight is 384 g/mol. The molecule has 2 amide bonds. The zero-order valence-corrected chi connectivity index (χ0v) is 17.1. The number of para-hydroxylation sites is 1. The quantitative estimate of drug-likeness (QED) is 0.852. The van der Waals surface area contributed by atoms with Crippen LogP contribution in [0.15, 0.2) is 24.3 Å². The van der Waals surface area contributed by atoms with Crippen molar-refractivity contribution in [2.24, 2.45) is 17.8 Å². The molecule has 2 fully saturated rings. The van der Waals surface area contributed by atoms with E-state index >= 15 is 0 Å². The van der Waals surface area contributed by atoms with E-state index in [4.69, 9.17) is 4.74 Å². The summed E-state index contributed by atoms with van der Waals surface area (Å²) in [7, 11) is 0. The minimum atomic E-state index is -0.561. The van der Waals surface area contributed by atoms with Gasteiger partial charge in [0.25, 0.3) is 0 Å². The van der Waals surface area contributed by atoms with Crippen molar-refractivity contribution in [3.63, 3.8) is 0 Å². The number of nitrogens with one attached hydrogen (secondary N) is 2. The van der Waals surface area contributed by atoms with Gasteiger partial charge in [0.1, 0.15) is 5.60 Å². The van der Waals surface area contributed by atoms with Gasteiger partial charge in [-0.1, -0.05) is 18.2 Å². The molecule has 1 saturated heterocycles. The van der Waals surface area contributed by atoms with Gasteiger partial charge in [-0.3, -0.25) is 9.89 Å². The van der Waals surface area contributed by atoms with E-state index in [0.717, 1.165) is 16.6 Å². The molecule has 7 heteroatoms. The number of piperidine rings is 1. The van der Waals surface area contributed by atoms with Crippen LogP contribution in [0.4, 0.5) is 4.79 Å². The molecule has 2 aromatic rings. The molecule has 1 aliphatic carbocycles. The maximum atomic E-state index is 12.9. The molecule has 7 nitrogen and oxygen atoms in total. The van der Waals surface area contributed by atoms with E-state index in [1.165, 1.54) is 0 Å². The number of carbonyl (C=O) groups is 2. The van der Waals surface area contributed by atoms with Crippen molar-refractivity contribution < 1.29 is 14.3 Å². The Morgan fingerprint density at radius 2 is 1.79 bits per heavy atom. The van der Waals surface area contributed by atoms with Gasteiger partial charge in [-0.25, -0.2) is 4.79 Å². The Labute approximate surface area is 164 Å². The van der Waals surface area contributed by atoms with Crippen molar-refractivity contribution in [2.45, 2.75) is 45.8 Å². The minimum Gasteiger partial charge on any atom is -0.444 e. The Bertz CT molecular complexity index is 915. The van der Waals surface area contributed by atoms with Crippen molar-refractivity contribution in [1.82, 2.24) is 20.4 Å². The molecule has 2 N–H and O–H groups in total. The Hall–Kier alpha value is -2.57. The molecule has 3 atom stereocenters. The Balaban J connectivity index is 1.38. The first-order valence-electron chi connectivity index (χ1n) is 9.80. The van der Waals surface area contributed by atoms with E-state index in [1.807, 2.05) is 58.9 Å². The van der Waals surface area contributed by atoms with E-state index in [0.29, 0.717) is 13.1 Å². The van der Waals surface area contributed by atoms with E-state index in [1.54, 1.807) is 4.90 Å². The summed E-state index contributed by atoms with van der Waals surface area (Å²) in [6.45, 7) is 10.7. The van der Waals surface area contributed by atoms with E-state index in [-0.39, 0.29) is 29.8 Å². The van der Waals surface area contributed by atoms with E-state index < -0.39 is 11.1 Å². The second-order valence-corrected chi connectivity index (χ2v) is 9.47. The second kappa shape index (κ2) is 6.22. The fraction of sp³-hybridized carbons (Fsp3) is 0.571. The van der Waals surface area contributed by atoms with Crippen LogP contribution in [0.25, 0.3) is 10.9 Å². The van der Waals surface area contributed by atoms with Gasteiger partial charge < -0.3 is 15.0 Å². The topological polar surface area (TPSA) is 87.3 Å². The summed E-state index contributed by atoms with van der Waals surface area (Å²) in [4.78, 5) is 26.8. The number of benzene rings is 1. The lowest BCUT2D eigenvalue weighted by atomic mass is 9.96. The SMILES string of the molecule is CC(C)(C)OC(=O)N1C[C@@H]2C(C(=O)NC(C)(C)c3[nH]nc4ccccc34)[C@@H]2C1. The number of amides is 2. The molecule has 28 heavy (non-hydrogen) atoms. The molecule has 4 rings (SSSR count). The molecule has 1 saturated carbocycles. The number of hydrogen-bond donors (Lipinski definition) is 2. The van der Waals surface area contributed by atoms with Gasteiger partial charge in [0.2, 0.25) is 5.91 Å². The van der Waals surface area contributed by atoms with Crippen molar-refractivity contribution in [3.8, 4) is 0 Å². The van der Waals surface area contributed by atoms with Crippen LogP contribution in [-0.4, -0.2) is 45.8 Å². The smallest absolute Gasteiger partial charge is 0.410 e. The van der Waals surface area contributed by atoms with Crippen molar-refractivity contribution >= 4 is 22.9 Å². The van der Waals surface area contributed by atoms with Crippen LogP contribution >= 0.6 is 0 Å². The van der Waals surface area contributed by atoms with Crippen molar-refractivity contribution in [1.29, 1.82) is 0 Å². The average Bonchev–Trinajstić information content (AvgIpc) is 2.96. The second-order valence-electron chi connectivity index (χ2n) is 9.47. The minimum absolute atomic E-state index is 0.0350. The lowest BCUT2D eigenvalue weighted by molar-refractivity contribution is -0.125. The number of H-pyrrole nitrogens is 1. The van der Waals surface area contributed by atoms with Crippen LogP contribution in [0.1, 0.15) is 40.3 Å². The van der Waals surface area contributed by atoms with Crippen LogP contribution in [0.2, 0.25) is 0 Å². The number of hydrogen-bond acceptors (Lipinski definition) is 4. The molecule has 1 unspecified atom stereocenters. The lowest BCUT2D eigenvalue weighted by Gasteiger charge is -2.28. The van der Waals surface area contributed by atoms with Gasteiger partial charge in [-0.2, -0.15) is 5.10 Å². The first kappa shape index (κ1) is 18.8. The van der Waals surface area contributed by atoms with Gasteiger partial charge in [0, 0.05) is 24.4 Å². The largest absolute Gasteiger partial charge is 0.444 e. The Morgan fingerprint density at radius 3 is 2.43 bits per heavy atom. The van der Waals surface area contributed by atoms with Gasteiger partial charge >= 0.3 is 6.09 Å². The third-order valence-corrected chi connectivity index (χ3v) is 5.67. The Morgan fingerprint density at radius 1 is 1.14 bits per heavy atom. The molecule has 2 heterocycles. The van der Waals surface area contributed by atoms with Gasteiger partial charge in [0.05, 0.1) is 16.7 Å². The molecule has 150 valence electrons. The summed E-state index contributed by atoms with van der Waals surface area (Å²) in [5.74, 6) is 0.457. The number of aromatic amines is 1. The third-order valence-electron chi connectivity index (χ3n) is 5.67. The number of nitrogens with zero attached hydrogens (tertiary/aromatic N) is 2. The highest BCUT2D eigenvalue weighted by atomic mass is 16.6. The van der Waals surface area contributed by atoms with Crippen molar-refractivity contribution in [3.05, 3.63) is 30.0 Å². The highest BCUT2D eigenvalue weighted by molar-refractivity contribution is 5.86. The van der Waals surface area contributed by atoms with Crippen LogP contribution in [0, 0.1) is 17.8 Å². The summed E-state index contributed by atoms with van der Waals surface area (Å²) in [5, 5.41) is 11.6. The first-order chi connectivity index (χ1) is 13.1. The summed E-state index contributed by atoms with van der Waals surface area (Å²) >= 11 is 0. The van der Waals surface area contributed by atoms with Crippen molar-refractivity contribution in [2.75, 3.05) is 13.1 Å². The van der Waals surface area contributed by atoms with Gasteiger partial charge in [-0.05, 0) is 52.5 Å². The predicted octanol–water partition coefficient (Wildman–Crippen LogP) is 3.03. The summed E-state index contributed by atoms with van der Waals surface area (Å²) in [6.07, 6.45) is -0.289.